The van der Waals surface area contributed by atoms with E-state index in [2.05, 4.69) is 0 Å². The van der Waals surface area contributed by atoms with Crippen molar-refractivity contribution in [2.24, 2.45) is 0 Å². The van der Waals surface area contributed by atoms with Crippen LogP contribution in [0.1, 0.15) is 0 Å². The fraction of sp³-hybridized carbons (Fsp3) is 0. The molecule has 0 radical (unpaired) electrons. The minimum atomic E-state index is -5.17. The Morgan fingerprint density at radius 2 is 0.615 bits per heavy atom. The maximum absolute atomic E-state index is 8.52. The second-order valence-corrected chi connectivity index (χ2v) is 2.45. The van der Waals surface area contributed by atoms with Gasteiger partial charge in [0.15, 0.2) is 0 Å². The van der Waals surface area contributed by atoms with E-state index in [-0.39, 0.29) is 32.7 Å². The van der Waals surface area contributed by atoms with Crippen LogP contribution >= 0.6 is 0 Å². The van der Waals surface area contributed by atoms with Gasteiger partial charge in [-0.3, -0.25) is 16.8 Å². The monoisotopic (exact) mass is 276 g/mol. The van der Waals surface area contributed by atoms with Gasteiger partial charge in [0.05, 0.1) is 0 Å². The van der Waals surface area contributed by atoms with E-state index < -0.39 is 20.8 Å². The van der Waals surface area contributed by atoms with Crippen LogP contribution in [0.3, 0.4) is 0 Å². The van der Waals surface area contributed by atoms with Crippen molar-refractivity contribution < 1.29 is 67.7 Å². The molecule has 0 bridgehead atoms. The Kier molecular flexibility index (Phi) is 23.5. The Hall–Kier alpha value is 0.374. The van der Waals surface area contributed by atoms with Crippen LogP contribution in [-0.4, -0.2) is 46.0 Å². The molecule has 0 aromatic rings. The molecule has 0 rings (SSSR count). The minimum Gasteiger partial charge on any atom is -0.759 e. The van der Waals surface area contributed by atoms with E-state index in [4.69, 9.17) is 35.0 Å². The maximum Gasteiger partial charge on any atom is 4.00 e. The van der Waals surface area contributed by atoms with E-state index in [1.54, 1.807) is 0 Å². The number of hydrogen-bond donors (Lipinski definition) is 0. The summed E-state index contributed by atoms with van der Waals surface area (Å²) >= 11 is 0. The van der Waals surface area contributed by atoms with Gasteiger partial charge in [-0.1, -0.05) is 0 Å². The summed E-state index contributed by atoms with van der Waals surface area (Å²) in [6.07, 6.45) is 0. The largest absolute Gasteiger partial charge is 4.00 e. The second kappa shape index (κ2) is 10.5. The normalized spacial score (nSPS) is 8.92. The van der Waals surface area contributed by atoms with Crippen LogP contribution in [0.2, 0.25) is 0 Å². The van der Waals surface area contributed by atoms with Crippen molar-refractivity contribution >= 4 is 20.8 Å². The summed E-state index contributed by atoms with van der Waals surface area (Å²) in [5.74, 6) is 0. The zero-order valence-electron chi connectivity index (χ0n) is 5.58. The molecular formula is H4O10S2Ti. The fourth-order valence-electron chi connectivity index (χ4n) is 0. The summed E-state index contributed by atoms with van der Waals surface area (Å²) in [7, 11) is -10.3. The van der Waals surface area contributed by atoms with Crippen molar-refractivity contribution in [2.45, 2.75) is 0 Å². The molecule has 0 aromatic carbocycles. The summed E-state index contributed by atoms with van der Waals surface area (Å²) in [5, 5.41) is 0. The Balaban J connectivity index is -0.0000000267. The summed E-state index contributed by atoms with van der Waals surface area (Å²) in [6, 6.07) is 0. The van der Waals surface area contributed by atoms with E-state index in [1.165, 1.54) is 0 Å². The average Bonchev–Trinajstić information content (AvgIpc) is 1.12. The van der Waals surface area contributed by atoms with Gasteiger partial charge in [0.1, 0.15) is 0 Å². The molecule has 0 saturated heterocycles. The molecular weight excluding hydrogens is 272 g/mol. The molecule has 13 heavy (non-hydrogen) atoms. The summed E-state index contributed by atoms with van der Waals surface area (Å²) < 4.78 is 68.2. The topological polar surface area (TPSA) is 224 Å². The van der Waals surface area contributed by atoms with Crippen LogP contribution in [0.5, 0.6) is 0 Å². The molecule has 0 fully saturated rings. The van der Waals surface area contributed by atoms with Gasteiger partial charge < -0.3 is 29.2 Å². The van der Waals surface area contributed by atoms with E-state index in [0.29, 0.717) is 0 Å². The third-order valence-corrected chi connectivity index (χ3v) is 0. The van der Waals surface area contributed by atoms with Gasteiger partial charge in [-0.15, -0.1) is 0 Å². The van der Waals surface area contributed by atoms with Crippen LogP contribution < -0.4 is 0 Å². The van der Waals surface area contributed by atoms with Crippen LogP contribution in [0.25, 0.3) is 0 Å². The van der Waals surface area contributed by atoms with Crippen molar-refractivity contribution in [3.8, 4) is 0 Å². The Morgan fingerprint density at radius 1 is 0.615 bits per heavy atom. The van der Waals surface area contributed by atoms with E-state index in [1.807, 2.05) is 0 Å². The van der Waals surface area contributed by atoms with Gasteiger partial charge in [-0.05, 0) is 0 Å². The Bertz CT molecular complexity index is 209. The predicted molar refractivity (Wildman–Crippen MR) is 28.2 cm³/mol. The van der Waals surface area contributed by atoms with Gasteiger partial charge in [-0.2, -0.15) is 0 Å². The van der Waals surface area contributed by atoms with Crippen LogP contribution in [0.4, 0.5) is 0 Å². The van der Waals surface area contributed by atoms with E-state index >= 15 is 0 Å². The van der Waals surface area contributed by atoms with Gasteiger partial charge in [-0.25, -0.2) is 0 Å². The standard InChI is InChI=1S/2H2O4S.2H2O.Ti/c2*1-5(2,3)4;;;/h2*(H2,1,2,3,4);2*1H2;/q;;;;+4/p-4. The molecule has 0 saturated carbocycles. The number of rotatable bonds is 0. The molecule has 10 nitrogen and oxygen atoms in total. The molecule has 0 unspecified atom stereocenters. The van der Waals surface area contributed by atoms with E-state index in [0.717, 1.165) is 0 Å². The van der Waals surface area contributed by atoms with Crippen molar-refractivity contribution in [1.29, 1.82) is 0 Å². The zero-order chi connectivity index (χ0) is 9.00. The molecule has 0 aliphatic heterocycles. The van der Waals surface area contributed by atoms with Crippen molar-refractivity contribution in [3.63, 3.8) is 0 Å². The van der Waals surface area contributed by atoms with E-state index in [9.17, 15) is 0 Å². The van der Waals surface area contributed by atoms with Gasteiger partial charge in [0.25, 0.3) is 0 Å². The minimum absolute atomic E-state index is 0. The predicted octanol–water partition coefficient (Wildman–Crippen LogP) is -4.33. The van der Waals surface area contributed by atoms with Crippen molar-refractivity contribution in [3.05, 3.63) is 0 Å². The van der Waals surface area contributed by atoms with Gasteiger partial charge in [0.2, 0.25) is 0 Å². The third kappa shape index (κ3) is 9510. The van der Waals surface area contributed by atoms with Crippen LogP contribution in [-0.2, 0) is 42.5 Å². The van der Waals surface area contributed by atoms with Gasteiger partial charge >= 0.3 is 21.7 Å². The Morgan fingerprint density at radius 3 is 0.615 bits per heavy atom. The molecule has 0 aliphatic rings. The summed E-state index contributed by atoms with van der Waals surface area (Å²) in [5.41, 5.74) is 0. The first-order chi connectivity index (χ1) is 4.00. The molecule has 0 atom stereocenters. The SMILES string of the molecule is O.O.O=S(=O)([O-])[O-].O=S(=O)([O-])[O-].[Ti+4]. The van der Waals surface area contributed by atoms with Crippen LogP contribution in [0, 0.1) is 0 Å². The smallest absolute Gasteiger partial charge is 0.759 e. The zero-order valence-corrected chi connectivity index (χ0v) is 8.78. The molecule has 0 heterocycles. The van der Waals surface area contributed by atoms with Gasteiger partial charge in [0, 0.05) is 20.8 Å². The third-order valence-electron chi connectivity index (χ3n) is 0. The summed E-state index contributed by atoms with van der Waals surface area (Å²) in [6.45, 7) is 0. The molecule has 0 aliphatic carbocycles. The molecule has 0 aromatic heterocycles. The first-order valence-corrected chi connectivity index (χ1v) is 4.00. The molecule has 4 N–H and O–H groups in total. The quantitative estimate of drug-likeness (QED) is 0.238. The maximum atomic E-state index is 8.52. The van der Waals surface area contributed by atoms with Crippen LogP contribution in [0.15, 0.2) is 0 Å². The summed E-state index contributed by atoms with van der Waals surface area (Å²) in [4.78, 5) is 0. The fourth-order valence-corrected chi connectivity index (χ4v) is 0. The number of hydrogen-bond acceptors (Lipinski definition) is 8. The first kappa shape index (κ1) is 29.2. The molecule has 13 heteroatoms. The van der Waals surface area contributed by atoms with Crippen molar-refractivity contribution in [2.75, 3.05) is 0 Å². The van der Waals surface area contributed by atoms with Crippen molar-refractivity contribution in [1.82, 2.24) is 0 Å². The second-order valence-electron chi connectivity index (χ2n) is 0.816. The molecule has 0 amide bonds. The molecule has 0 spiro atoms. The molecule has 80 valence electrons. The Labute approximate surface area is 88.6 Å². The average molecular weight is 276 g/mol. The first-order valence-electron chi connectivity index (χ1n) is 1.33.